The number of hydrogen-bond acceptors (Lipinski definition) is 6. The molecule has 0 spiro atoms. The molecule has 3 heterocycles. The Kier molecular flexibility index (Phi) is 8.71. The molecule has 2 fully saturated rings. The van der Waals surface area contributed by atoms with E-state index in [0.717, 1.165) is 70.1 Å². The molecule has 198 valence electrons. The van der Waals surface area contributed by atoms with Crippen molar-refractivity contribution in [2.45, 2.75) is 32.4 Å². The van der Waals surface area contributed by atoms with Crippen LogP contribution in [0.4, 0.5) is 0 Å². The smallest absolute Gasteiger partial charge is 0.350 e. The molecule has 0 aliphatic carbocycles. The van der Waals surface area contributed by atoms with Gasteiger partial charge in [0.25, 0.3) is 0 Å². The van der Waals surface area contributed by atoms with Crippen molar-refractivity contribution in [2.24, 2.45) is 5.92 Å². The van der Waals surface area contributed by atoms with Crippen molar-refractivity contribution in [3.05, 3.63) is 77.0 Å². The summed E-state index contributed by atoms with van der Waals surface area (Å²) in [6.07, 6.45) is 5.03. The van der Waals surface area contributed by atoms with Crippen molar-refractivity contribution in [3.8, 4) is 11.4 Å². The molecule has 0 atom stereocenters. The number of piperidine rings is 1. The average molecular weight is 505 g/mol. The summed E-state index contributed by atoms with van der Waals surface area (Å²) in [5, 5.41) is 4.44. The summed E-state index contributed by atoms with van der Waals surface area (Å²) in [5.41, 5.74) is 2.11. The van der Waals surface area contributed by atoms with E-state index >= 15 is 0 Å². The Morgan fingerprint density at radius 1 is 0.892 bits per heavy atom. The van der Waals surface area contributed by atoms with Gasteiger partial charge in [0.2, 0.25) is 0 Å². The quantitative estimate of drug-likeness (QED) is 0.447. The summed E-state index contributed by atoms with van der Waals surface area (Å²) in [6.45, 7) is 9.87. The number of ether oxygens (including phenoxy) is 1. The van der Waals surface area contributed by atoms with Crippen LogP contribution in [0, 0.1) is 5.92 Å². The second kappa shape index (κ2) is 12.5. The fraction of sp³-hybridized carbons (Fsp3) is 0.517. The minimum atomic E-state index is -0.0537. The zero-order valence-corrected chi connectivity index (χ0v) is 22.0. The van der Waals surface area contributed by atoms with Crippen LogP contribution in [0.1, 0.15) is 24.8 Å². The molecule has 2 aliphatic rings. The fourth-order valence-electron chi connectivity index (χ4n) is 5.36. The van der Waals surface area contributed by atoms with Gasteiger partial charge in [-0.1, -0.05) is 30.3 Å². The molecule has 8 nitrogen and oxygen atoms in total. The molecule has 0 bridgehead atoms. The topological polar surface area (TPSA) is 58.8 Å². The van der Waals surface area contributed by atoms with Crippen molar-refractivity contribution in [1.82, 2.24) is 29.0 Å². The van der Waals surface area contributed by atoms with Crippen molar-refractivity contribution in [1.29, 1.82) is 0 Å². The molecule has 0 N–H and O–H groups in total. The molecular formula is C29H40N6O2. The summed E-state index contributed by atoms with van der Waals surface area (Å²) in [5.74, 6) is 1.40. The predicted octanol–water partition coefficient (Wildman–Crippen LogP) is 2.96. The fourth-order valence-corrected chi connectivity index (χ4v) is 5.36. The number of likely N-dealkylation sites (N-methyl/N-ethyl adjacent to an activating group) is 1. The lowest BCUT2D eigenvalue weighted by molar-refractivity contribution is 0.145. The van der Waals surface area contributed by atoms with E-state index in [2.05, 4.69) is 39.0 Å². The van der Waals surface area contributed by atoms with E-state index in [4.69, 9.17) is 4.74 Å². The summed E-state index contributed by atoms with van der Waals surface area (Å²) in [6, 6.07) is 18.4. The van der Waals surface area contributed by atoms with Gasteiger partial charge in [-0.05, 0) is 88.2 Å². The zero-order chi connectivity index (χ0) is 25.5. The Morgan fingerprint density at radius 3 is 2.46 bits per heavy atom. The lowest BCUT2D eigenvalue weighted by Crippen LogP contribution is -2.38. The standard InChI is InChI=1S/C29H40N6O2/c1-31-14-5-15-33(19-18-31)22-25-8-10-27(11-9-25)34-24-30-35(29(34)36)23-26-12-16-32(17-13-26)20-21-37-28-6-3-2-4-7-28/h2-4,6-11,24,26H,5,12-23H2,1H3. The molecule has 0 amide bonds. The number of nitrogens with zero attached hydrogens (tertiary/aromatic N) is 6. The number of benzene rings is 2. The van der Waals surface area contributed by atoms with Gasteiger partial charge in [0.15, 0.2) is 0 Å². The van der Waals surface area contributed by atoms with Gasteiger partial charge < -0.3 is 9.64 Å². The second-order valence-corrected chi connectivity index (χ2v) is 10.5. The molecule has 0 radical (unpaired) electrons. The first-order chi connectivity index (χ1) is 18.1. The van der Waals surface area contributed by atoms with Crippen LogP contribution in [0.3, 0.4) is 0 Å². The molecule has 8 heteroatoms. The zero-order valence-electron chi connectivity index (χ0n) is 22.0. The molecule has 0 saturated carbocycles. The van der Waals surface area contributed by atoms with Crippen LogP contribution >= 0.6 is 0 Å². The summed E-state index contributed by atoms with van der Waals surface area (Å²) in [7, 11) is 2.20. The maximum absolute atomic E-state index is 13.1. The van der Waals surface area contributed by atoms with E-state index in [-0.39, 0.29) is 5.69 Å². The molecule has 37 heavy (non-hydrogen) atoms. The highest BCUT2D eigenvalue weighted by atomic mass is 16.5. The first-order valence-corrected chi connectivity index (χ1v) is 13.7. The van der Waals surface area contributed by atoms with Gasteiger partial charge in [-0.25, -0.2) is 14.0 Å². The number of hydrogen-bond donors (Lipinski definition) is 0. The van der Waals surface area contributed by atoms with Crippen LogP contribution in [-0.4, -0.2) is 88.5 Å². The maximum atomic E-state index is 13.1. The highest BCUT2D eigenvalue weighted by Gasteiger charge is 2.21. The molecule has 2 aromatic carbocycles. The Bertz CT molecular complexity index is 1150. The third kappa shape index (κ3) is 7.09. The Labute approximate surface area is 220 Å². The predicted molar refractivity (Wildman–Crippen MR) is 146 cm³/mol. The van der Waals surface area contributed by atoms with E-state index in [1.54, 1.807) is 15.6 Å². The third-order valence-electron chi connectivity index (χ3n) is 7.72. The molecule has 0 unspecified atom stereocenters. The van der Waals surface area contributed by atoms with Gasteiger partial charge >= 0.3 is 5.69 Å². The van der Waals surface area contributed by atoms with Crippen LogP contribution in [0.5, 0.6) is 5.75 Å². The van der Waals surface area contributed by atoms with Gasteiger partial charge in [0.05, 0.1) is 5.69 Å². The number of likely N-dealkylation sites (tertiary alicyclic amines) is 1. The Balaban J connectivity index is 1.09. The van der Waals surface area contributed by atoms with Gasteiger partial charge in [-0.2, -0.15) is 5.10 Å². The van der Waals surface area contributed by atoms with Gasteiger partial charge in [-0.3, -0.25) is 9.80 Å². The largest absolute Gasteiger partial charge is 0.492 e. The summed E-state index contributed by atoms with van der Waals surface area (Å²) < 4.78 is 9.15. The normalized spacial score (nSPS) is 18.6. The lowest BCUT2D eigenvalue weighted by atomic mass is 9.97. The van der Waals surface area contributed by atoms with Crippen LogP contribution < -0.4 is 10.4 Å². The van der Waals surface area contributed by atoms with Crippen LogP contribution in [-0.2, 0) is 13.1 Å². The molecule has 2 saturated heterocycles. The van der Waals surface area contributed by atoms with Crippen molar-refractivity contribution >= 4 is 0 Å². The van der Waals surface area contributed by atoms with Crippen molar-refractivity contribution in [3.63, 3.8) is 0 Å². The third-order valence-corrected chi connectivity index (χ3v) is 7.72. The van der Waals surface area contributed by atoms with E-state index < -0.39 is 0 Å². The van der Waals surface area contributed by atoms with E-state index in [9.17, 15) is 4.79 Å². The van der Waals surface area contributed by atoms with Crippen LogP contribution in [0.2, 0.25) is 0 Å². The first-order valence-electron chi connectivity index (χ1n) is 13.7. The highest BCUT2D eigenvalue weighted by Crippen LogP contribution is 2.19. The minimum absolute atomic E-state index is 0.0537. The number of rotatable bonds is 9. The summed E-state index contributed by atoms with van der Waals surface area (Å²) in [4.78, 5) is 20.4. The number of para-hydroxylation sites is 1. The van der Waals surface area contributed by atoms with E-state index in [1.807, 2.05) is 42.5 Å². The lowest BCUT2D eigenvalue weighted by Gasteiger charge is -2.31. The second-order valence-electron chi connectivity index (χ2n) is 10.5. The maximum Gasteiger partial charge on any atom is 0.350 e. The van der Waals surface area contributed by atoms with Gasteiger partial charge in [0.1, 0.15) is 18.7 Å². The minimum Gasteiger partial charge on any atom is -0.492 e. The average Bonchev–Trinajstić information content (AvgIpc) is 3.15. The molecule has 3 aromatic rings. The molecule has 1 aromatic heterocycles. The van der Waals surface area contributed by atoms with Crippen molar-refractivity contribution < 1.29 is 4.74 Å². The molecule has 2 aliphatic heterocycles. The van der Waals surface area contributed by atoms with Crippen LogP contribution in [0.15, 0.2) is 65.7 Å². The highest BCUT2D eigenvalue weighted by molar-refractivity contribution is 5.34. The van der Waals surface area contributed by atoms with E-state index in [0.29, 0.717) is 19.1 Å². The summed E-state index contributed by atoms with van der Waals surface area (Å²) >= 11 is 0. The molecular weight excluding hydrogens is 464 g/mol. The van der Waals surface area contributed by atoms with Gasteiger partial charge in [-0.15, -0.1) is 0 Å². The Morgan fingerprint density at radius 2 is 1.68 bits per heavy atom. The number of aromatic nitrogens is 3. The van der Waals surface area contributed by atoms with E-state index in [1.165, 1.54) is 18.5 Å². The SMILES string of the molecule is CN1CCCN(Cc2ccc(-n3cnn(CC4CCN(CCOc5ccccc5)CC4)c3=O)cc2)CC1. The van der Waals surface area contributed by atoms with Crippen LogP contribution in [0.25, 0.3) is 5.69 Å². The molecule has 5 rings (SSSR count). The van der Waals surface area contributed by atoms with Crippen molar-refractivity contribution in [2.75, 3.05) is 59.5 Å². The monoisotopic (exact) mass is 504 g/mol. The Hall–Kier alpha value is -2.94. The van der Waals surface area contributed by atoms with Gasteiger partial charge in [0, 0.05) is 32.7 Å². The first kappa shape index (κ1) is 25.7.